The summed E-state index contributed by atoms with van der Waals surface area (Å²) >= 11 is 0. The summed E-state index contributed by atoms with van der Waals surface area (Å²) in [6.07, 6.45) is 0. The molecule has 0 aliphatic heterocycles. The Morgan fingerprint density at radius 2 is 1.56 bits per heavy atom. The first-order valence-corrected chi connectivity index (χ1v) is 10.8. The van der Waals surface area contributed by atoms with Crippen LogP contribution in [0.1, 0.15) is 22.8 Å². The predicted octanol–water partition coefficient (Wildman–Crippen LogP) is 2.01. The molecule has 2 aromatic rings. The number of benzene rings is 2. The van der Waals surface area contributed by atoms with Crippen LogP contribution >= 0.6 is 0 Å². The SMILES string of the molecule is CCS(=O)(=O)Oc1ccc(S(=O)(=O)C(=[N+]=[N-])C(=O)c2ccc(C)cc2)cc1. The van der Waals surface area contributed by atoms with Gasteiger partial charge in [-0.15, -0.1) is 4.79 Å². The maximum Gasteiger partial charge on any atom is 0.456 e. The van der Waals surface area contributed by atoms with Crippen LogP contribution in [0.3, 0.4) is 0 Å². The van der Waals surface area contributed by atoms with Crippen LogP contribution < -0.4 is 4.18 Å². The molecule has 0 heterocycles. The van der Waals surface area contributed by atoms with Crippen molar-refractivity contribution in [1.29, 1.82) is 0 Å². The van der Waals surface area contributed by atoms with Gasteiger partial charge in [-0.25, -0.2) is 8.42 Å². The van der Waals surface area contributed by atoms with Crippen LogP contribution in [0.25, 0.3) is 5.53 Å². The normalized spacial score (nSPS) is 11.5. The van der Waals surface area contributed by atoms with E-state index in [1.165, 1.54) is 19.1 Å². The Labute approximate surface area is 157 Å². The quantitative estimate of drug-likeness (QED) is 0.179. The minimum absolute atomic E-state index is 0.0472. The largest absolute Gasteiger partial charge is 0.456 e. The third kappa shape index (κ3) is 4.68. The van der Waals surface area contributed by atoms with E-state index >= 15 is 0 Å². The van der Waals surface area contributed by atoms with Crippen LogP contribution in [0.4, 0.5) is 0 Å². The predicted molar refractivity (Wildman–Crippen MR) is 97.9 cm³/mol. The van der Waals surface area contributed by atoms with E-state index in [1.807, 2.05) is 0 Å². The molecule has 0 spiro atoms. The van der Waals surface area contributed by atoms with Crippen LogP contribution in [0.5, 0.6) is 5.75 Å². The first-order valence-electron chi connectivity index (χ1n) is 7.71. The molecule has 27 heavy (non-hydrogen) atoms. The zero-order valence-corrected chi connectivity index (χ0v) is 16.1. The van der Waals surface area contributed by atoms with Crippen molar-refractivity contribution in [2.24, 2.45) is 0 Å². The summed E-state index contributed by atoms with van der Waals surface area (Å²) in [5, 5.41) is -1.04. The first kappa shape index (κ1) is 20.5. The summed E-state index contributed by atoms with van der Waals surface area (Å²) in [5.41, 5.74) is 10.0. The van der Waals surface area contributed by atoms with Gasteiger partial charge in [-0.1, -0.05) is 29.8 Å². The van der Waals surface area contributed by atoms with E-state index in [4.69, 9.17) is 9.71 Å². The van der Waals surface area contributed by atoms with Gasteiger partial charge >= 0.3 is 15.2 Å². The average molecular weight is 408 g/mol. The molecule has 142 valence electrons. The van der Waals surface area contributed by atoms with Crippen LogP contribution in [0.15, 0.2) is 53.4 Å². The Bertz CT molecular complexity index is 1110. The molecular weight excluding hydrogens is 392 g/mol. The van der Waals surface area contributed by atoms with Gasteiger partial charge < -0.3 is 9.71 Å². The van der Waals surface area contributed by atoms with E-state index < -0.39 is 30.8 Å². The number of carbonyl (C=O) groups excluding carboxylic acids is 1. The molecule has 0 saturated carbocycles. The number of sulfone groups is 1. The van der Waals surface area contributed by atoms with Crippen molar-refractivity contribution in [3.05, 3.63) is 65.2 Å². The zero-order valence-electron chi connectivity index (χ0n) is 14.5. The van der Waals surface area contributed by atoms with Crippen LogP contribution in [-0.4, -0.2) is 38.2 Å². The van der Waals surface area contributed by atoms with Gasteiger partial charge in [-0.2, -0.15) is 8.42 Å². The molecule has 2 aromatic carbocycles. The third-order valence-corrected chi connectivity index (χ3v) is 6.39. The van der Waals surface area contributed by atoms with E-state index in [2.05, 4.69) is 4.79 Å². The number of Topliss-reactive ketones (excluding diaryl/α,β-unsaturated/α-hetero) is 1. The third-order valence-electron chi connectivity index (χ3n) is 3.56. The number of hydrogen-bond donors (Lipinski definition) is 0. The Kier molecular flexibility index (Phi) is 5.94. The molecule has 0 unspecified atom stereocenters. The second-order valence-corrected chi connectivity index (χ2v) is 9.23. The van der Waals surface area contributed by atoms with Crippen molar-refractivity contribution >= 4 is 30.8 Å². The standard InChI is InChI=1S/C17H16N2O6S2/c1-3-26(21,22)25-14-8-10-15(11-9-14)27(23,24)17(19-18)16(20)13-6-4-12(2)5-7-13/h4-11H,3H2,1-2H3. The summed E-state index contributed by atoms with van der Waals surface area (Å²) in [7, 11) is -8.19. The fraction of sp³-hybridized carbons (Fsp3) is 0.176. The molecule has 0 radical (unpaired) electrons. The highest BCUT2D eigenvalue weighted by molar-refractivity contribution is 8.08. The molecule has 0 bridgehead atoms. The summed E-state index contributed by atoms with van der Waals surface area (Å²) in [6, 6.07) is 10.5. The molecule has 0 aliphatic carbocycles. The van der Waals surface area contributed by atoms with E-state index in [9.17, 15) is 21.6 Å². The lowest BCUT2D eigenvalue weighted by Crippen LogP contribution is -2.26. The van der Waals surface area contributed by atoms with Crippen molar-refractivity contribution in [3.8, 4) is 5.75 Å². The number of carbonyl (C=O) groups is 1. The highest BCUT2D eigenvalue weighted by Gasteiger charge is 2.38. The highest BCUT2D eigenvalue weighted by atomic mass is 32.2. The number of rotatable bonds is 6. The molecule has 0 N–H and O–H groups in total. The molecule has 0 amide bonds. The van der Waals surface area contributed by atoms with Crippen molar-refractivity contribution in [3.63, 3.8) is 0 Å². The topological polar surface area (TPSA) is 131 Å². The van der Waals surface area contributed by atoms with E-state index in [0.717, 1.165) is 29.8 Å². The Morgan fingerprint density at radius 1 is 1.00 bits per heavy atom. The maximum atomic E-state index is 12.6. The molecule has 8 nitrogen and oxygen atoms in total. The van der Waals surface area contributed by atoms with Crippen molar-refractivity contribution in [2.45, 2.75) is 18.7 Å². The summed E-state index contributed by atoms with van der Waals surface area (Å²) in [5.74, 6) is -1.30. The number of nitrogens with zero attached hydrogens (tertiary/aromatic N) is 2. The van der Waals surface area contributed by atoms with E-state index in [0.29, 0.717) is 0 Å². The Hall–Kier alpha value is -2.81. The van der Waals surface area contributed by atoms with Crippen LogP contribution in [-0.2, 0) is 20.0 Å². The Balaban J connectivity index is 2.37. The van der Waals surface area contributed by atoms with Gasteiger partial charge in [0.15, 0.2) is 0 Å². The summed E-state index contributed by atoms with van der Waals surface area (Å²) in [6.45, 7) is 3.20. The van der Waals surface area contributed by atoms with Gasteiger partial charge in [0, 0.05) is 5.56 Å². The molecule has 10 heteroatoms. The van der Waals surface area contributed by atoms with Gasteiger partial charge in [0.2, 0.25) is 0 Å². The molecular formula is C17H16N2O6S2. The second-order valence-electron chi connectivity index (χ2n) is 5.50. The van der Waals surface area contributed by atoms with Gasteiger partial charge in [-0.3, -0.25) is 4.79 Å². The number of ketones is 1. The smallest absolute Gasteiger partial charge is 0.382 e. The molecule has 0 atom stereocenters. The summed E-state index contributed by atoms with van der Waals surface area (Å²) < 4.78 is 52.9. The number of hydrogen-bond acceptors (Lipinski definition) is 6. The second kappa shape index (κ2) is 7.83. The van der Waals surface area contributed by atoms with E-state index in [1.54, 1.807) is 19.1 Å². The van der Waals surface area contributed by atoms with Crippen molar-refractivity contribution in [1.82, 2.24) is 0 Å². The molecule has 2 rings (SSSR count). The van der Waals surface area contributed by atoms with Crippen LogP contribution in [0.2, 0.25) is 0 Å². The van der Waals surface area contributed by atoms with Gasteiger partial charge in [0.1, 0.15) is 5.75 Å². The average Bonchev–Trinajstić information content (AvgIpc) is 2.62. The van der Waals surface area contributed by atoms with Crippen molar-refractivity contribution < 1.29 is 30.6 Å². The van der Waals surface area contributed by atoms with Crippen LogP contribution in [0, 0.1) is 6.92 Å². The minimum Gasteiger partial charge on any atom is -0.382 e. The Morgan fingerprint density at radius 3 is 2.04 bits per heavy atom. The molecule has 0 aliphatic rings. The van der Waals surface area contributed by atoms with Gasteiger partial charge in [0.25, 0.3) is 15.6 Å². The van der Waals surface area contributed by atoms with Crippen molar-refractivity contribution in [2.75, 3.05) is 5.75 Å². The molecule has 0 saturated heterocycles. The monoisotopic (exact) mass is 408 g/mol. The minimum atomic E-state index is -4.43. The fourth-order valence-electron chi connectivity index (χ4n) is 2.04. The highest BCUT2D eigenvalue weighted by Crippen LogP contribution is 2.20. The lowest BCUT2D eigenvalue weighted by molar-refractivity contribution is -0.00158. The zero-order chi connectivity index (χ0) is 20.2. The molecule has 0 fully saturated rings. The lowest BCUT2D eigenvalue weighted by Gasteiger charge is -2.05. The van der Waals surface area contributed by atoms with E-state index in [-0.39, 0.29) is 22.0 Å². The number of aryl methyl sites for hydroxylation is 1. The van der Waals surface area contributed by atoms with Gasteiger partial charge in [0.05, 0.1) is 10.6 Å². The lowest BCUT2D eigenvalue weighted by atomic mass is 10.1. The maximum absolute atomic E-state index is 12.6. The van der Waals surface area contributed by atoms with Gasteiger partial charge in [-0.05, 0) is 38.1 Å². The fourth-order valence-corrected chi connectivity index (χ4v) is 3.75. The summed E-state index contributed by atoms with van der Waals surface area (Å²) in [4.78, 5) is 14.8. The first-order chi connectivity index (χ1) is 12.6. The molecule has 0 aromatic heterocycles.